The number of anilines is 2. The molecule has 2 N–H and O–H groups in total. The molecule has 11 heteroatoms. The molecule has 0 bridgehead atoms. The van der Waals surface area contributed by atoms with Crippen molar-refractivity contribution in [2.45, 2.75) is 28.5 Å². The highest BCUT2D eigenvalue weighted by molar-refractivity contribution is 8.00. The Morgan fingerprint density at radius 3 is 2.35 bits per heavy atom. The largest absolute Gasteiger partial charge is 0.325 e. The van der Waals surface area contributed by atoms with Gasteiger partial charge in [0.25, 0.3) is 10.0 Å². The lowest BCUT2D eigenvalue weighted by atomic mass is 10.1. The molecular weight excluding hydrogens is 508 g/mol. The number of hydrogen-bond acceptors (Lipinski definition) is 8. The highest BCUT2D eigenvalue weighted by Crippen LogP contribution is 2.30. The highest BCUT2D eigenvalue weighted by Gasteiger charge is 2.22. The van der Waals surface area contributed by atoms with Crippen molar-refractivity contribution in [1.29, 1.82) is 5.26 Å². The Labute approximate surface area is 219 Å². The van der Waals surface area contributed by atoms with Crippen LogP contribution in [0.15, 0.2) is 95.1 Å². The summed E-state index contributed by atoms with van der Waals surface area (Å²) >= 11 is 1.22. The summed E-state index contributed by atoms with van der Waals surface area (Å²) in [7, 11) is -3.89. The molecule has 0 fully saturated rings. The Bertz CT molecular complexity index is 1520. The smallest absolute Gasteiger partial charge is 0.264 e. The monoisotopic (exact) mass is 530 g/mol. The van der Waals surface area contributed by atoms with Crippen LogP contribution in [0.25, 0.3) is 11.3 Å². The van der Waals surface area contributed by atoms with Crippen LogP contribution < -0.4 is 10.0 Å². The van der Waals surface area contributed by atoms with E-state index in [4.69, 9.17) is 0 Å². The third kappa shape index (κ3) is 6.49. The summed E-state index contributed by atoms with van der Waals surface area (Å²) in [4.78, 5) is 25.4. The van der Waals surface area contributed by atoms with E-state index >= 15 is 0 Å². The lowest BCUT2D eigenvalue weighted by molar-refractivity contribution is -0.115. The maximum absolute atomic E-state index is 13.0. The average molecular weight is 531 g/mol. The van der Waals surface area contributed by atoms with Crippen molar-refractivity contribution in [1.82, 2.24) is 15.0 Å². The van der Waals surface area contributed by atoms with Gasteiger partial charge in [0.05, 0.1) is 21.4 Å². The molecule has 0 aliphatic rings. The van der Waals surface area contributed by atoms with E-state index in [9.17, 15) is 18.5 Å². The van der Waals surface area contributed by atoms with Crippen LogP contribution in [0.2, 0.25) is 0 Å². The molecule has 0 saturated heterocycles. The van der Waals surface area contributed by atoms with Crippen molar-refractivity contribution in [2.24, 2.45) is 0 Å². The van der Waals surface area contributed by atoms with Gasteiger partial charge in [-0.3, -0.25) is 4.79 Å². The summed E-state index contributed by atoms with van der Waals surface area (Å²) in [5, 5.41) is 12.3. The second-order valence-electron chi connectivity index (χ2n) is 7.73. The molecule has 0 aliphatic heterocycles. The summed E-state index contributed by atoms with van der Waals surface area (Å²) in [5.41, 5.74) is 2.45. The fourth-order valence-corrected chi connectivity index (χ4v) is 5.26. The van der Waals surface area contributed by atoms with Gasteiger partial charge in [-0.15, -0.1) is 0 Å². The molecule has 37 heavy (non-hydrogen) atoms. The molecule has 2 heterocycles. The Hall–Kier alpha value is -4.27. The molecule has 0 spiro atoms. The van der Waals surface area contributed by atoms with E-state index in [2.05, 4.69) is 31.1 Å². The van der Waals surface area contributed by atoms with Gasteiger partial charge in [-0.2, -0.15) is 5.26 Å². The molecule has 0 saturated carbocycles. The molecule has 1 atom stereocenters. The summed E-state index contributed by atoms with van der Waals surface area (Å²) in [6, 6.07) is 22.6. The number of amides is 1. The quantitative estimate of drug-likeness (QED) is 0.297. The maximum Gasteiger partial charge on any atom is 0.264 e. The average Bonchev–Trinajstić information content (AvgIpc) is 2.92. The van der Waals surface area contributed by atoms with Crippen molar-refractivity contribution in [3.05, 3.63) is 90.8 Å². The van der Waals surface area contributed by atoms with Crippen LogP contribution in [0.4, 0.5) is 11.6 Å². The molecule has 0 aliphatic carbocycles. The van der Waals surface area contributed by atoms with Gasteiger partial charge in [0, 0.05) is 23.6 Å². The standard InChI is InChI=1S/C26H22N6O3S2/c1-2-23(36-25-19(17-27)9-14-22(31-25)18-7-4-3-5-8-18)24(33)30-20-10-12-21(13-11-20)37(34,35)32-26-28-15-6-16-29-26/h3-16,23H,2H2,1H3,(H,30,33)(H,28,29,32). The van der Waals surface area contributed by atoms with Crippen LogP contribution in [0.5, 0.6) is 0 Å². The van der Waals surface area contributed by atoms with E-state index in [0.29, 0.717) is 28.4 Å². The van der Waals surface area contributed by atoms with E-state index in [0.717, 1.165) is 5.56 Å². The lowest BCUT2D eigenvalue weighted by Crippen LogP contribution is -2.25. The predicted octanol–water partition coefficient (Wildman–Crippen LogP) is 4.72. The number of nitrogens with zero attached hydrogens (tertiary/aromatic N) is 4. The highest BCUT2D eigenvalue weighted by atomic mass is 32.2. The summed E-state index contributed by atoms with van der Waals surface area (Å²) in [5.74, 6) is -0.320. The molecular formula is C26H22N6O3S2. The molecule has 4 rings (SSSR count). The number of aromatic nitrogens is 3. The molecule has 2 aromatic carbocycles. The first-order chi connectivity index (χ1) is 17.9. The van der Waals surface area contributed by atoms with Crippen LogP contribution in [0.3, 0.4) is 0 Å². The summed E-state index contributed by atoms with van der Waals surface area (Å²) in [6.07, 6.45) is 3.35. The topological polar surface area (TPSA) is 138 Å². The minimum atomic E-state index is -3.89. The van der Waals surface area contributed by atoms with Crippen LogP contribution in [-0.4, -0.2) is 34.5 Å². The van der Waals surface area contributed by atoms with Gasteiger partial charge in [-0.05, 0) is 48.9 Å². The fourth-order valence-electron chi connectivity index (χ4n) is 3.31. The van der Waals surface area contributed by atoms with Gasteiger partial charge in [-0.25, -0.2) is 28.1 Å². The number of nitrogens with one attached hydrogen (secondary N) is 2. The van der Waals surface area contributed by atoms with Gasteiger partial charge in [-0.1, -0.05) is 49.0 Å². The van der Waals surface area contributed by atoms with Crippen molar-refractivity contribution < 1.29 is 13.2 Å². The zero-order valence-corrected chi connectivity index (χ0v) is 21.3. The van der Waals surface area contributed by atoms with Crippen molar-refractivity contribution in [2.75, 3.05) is 10.0 Å². The van der Waals surface area contributed by atoms with Crippen LogP contribution in [0.1, 0.15) is 18.9 Å². The second-order valence-corrected chi connectivity index (χ2v) is 10.6. The van der Waals surface area contributed by atoms with Crippen molar-refractivity contribution >= 4 is 39.3 Å². The SMILES string of the molecule is CCC(Sc1nc(-c2ccccc2)ccc1C#N)C(=O)Nc1ccc(S(=O)(=O)Nc2ncccn2)cc1. The van der Waals surface area contributed by atoms with Gasteiger partial charge >= 0.3 is 0 Å². The molecule has 4 aromatic rings. The molecule has 1 amide bonds. The molecule has 9 nitrogen and oxygen atoms in total. The van der Waals surface area contributed by atoms with Crippen LogP contribution in [0, 0.1) is 11.3 Å². The number of carbonyl (C=O) groups is 1. The van der Waals surface area contributed by atoms with Crippen molar-refractivity contribution in [3.8, 4) is 17.3 Å². The van der Waals surface area contributed by atoms with E-state index < -0.39 is 15.3 Å². The maximum atomic E-state index is 13.0. The fraction of sp³-hybridized carbons (Fsp3) is 0.115. The normalized spacial score (nSPS) is 11.8. The zero-order chi connectivity index (χ0) is 26.3. The predicted molar refractivity (Wildman–Crippen MR) is 142 cm³/mol. The Kier molecular flexibility index (Phi) is 8.12. The molecule has 1 unspecified atom stereocenters. The zero-order valence-electron chi connectivity index (χ0n) is 19.7. The summed E-state index contributed by atoms with van der Waals surface area (Å²) in [6.45, 7) is 1.87. The number of rotatable bonds is 9. The molecule has 2 aromatic heterocycles. The third-order valence-corrected chi connectivity index (χ3v) is 7.90. The molecule has 0 radical (unpaired) electrons. The Morgan fingerprint density at radius 1 is 1.00 bits per heavy atom. The summed E-state index contributed by atoms with van der Waals surface area (Å²) < 4.78 is 27.4. The van der Waals surface area contributed by atoms with E-state index in [1.807, 2.05) is 37.3 Å². The van der Waals surface area contributed by atoms with E-state index in [1.54, 1.807) is 18.2 Å². The number of pyridine rings is 1. The van der Waals surface area contributed by atoms with E-state index in [-0.39, 0.29) is 16.8 Å². The first-order valence-electron chi connectivity index (χ1n) is 11.2. The first-order valence-corrected chi connectivity index (χ1v) is 13.6. The number of sulfonamides is 1. The van der Waals surface area contributed by atoms with Crippen molar-refractivity contribution in [3.63, 3.8) is 0 Å². The van der Waals surface area contributed by atoms with Gasteiger partial charge in [0.2, 0.25) is 11.9 Å². The van der Waals surface area contributed by atoms with Gasteiger partial charge in [0.15, 0.2) is 0 Å². The Balaban J connectivity index is 1.47. The van der Waals surface area contributed by atoms with Crippen LogP contribution >= 0.6 is 11.8 Å². The number of benzene rings is 2. The number of thioether (sulfide) groups is 1. The Morgan fingerprint density at radius 2 is 1.70 bits per heavy atom. The minimum Gasteiger partial charge on any atom is -0.325 e. The lowest BCUT2D eigenvalue weighted by Gasteiger charge is -2.16. The second kappa shape index (κ2) is 11.6. The van der Waals surface area contributed by atoms with Gasteiger partial charge in [0.1, 0.15) is 11.1 Å². The number of carbonyl (C=O) groups excluding carboxylic acids is 1. The third-order valence-electron chi connectivity index (χ3n) is 5.19. The molecule has 186 valence electrons. The number of nitriles is 1. The van der Waals surface area contributed by atoms with Gasteiger partial charge < -0.3 is 5.32 Å². The van der Waals surface area contributed by atoms with E-state index in [1.165, 1.54) is 48.4 Å². The van der Waals surface area contributed by atoms with Crippen LogP contribution in [-0.2, 0) is 14.8 Å². The first kappa shape index (κ1) is 25.8. The minimum absolute atomic E-state index is 0.0000394. The number of hydrogen-bond donors (Lipinski definition) is 2.